The van der Waals surface area contributed by atoms with Crippen molar-refractivity contribution in [3.05, 3.63) is 77.2 Å². The van der Waals surface area contributed by atoms with Crippen LogP contribution < -0.4 is 10.2 Å². The first kappa shape index (κ1) is 31.8. The number of carboxylic acid groups (broad SMARTS) is 1. The van der Waals surface area contributed by atoms with Crippen LogP contribution in [0.3, 0.4) is 0 Å². The molecule has 1 amide bonds. The highest BCUT2D eigenvalue weighted by molar-refractivity contribution is 5.71. The third-order valence-corrected chi connectivity index (χ3v) is 7.45. The molecule has 0 spiro atoms. The molecule has 0 bridgehead atoms. The van der Waals surface area contributed by atoms with Gasteiger partial charge in [0.15, 0.2) is 5.69 Å². The molecular weight excluding hydrogens is 528 g/mol. The number of carbonyl (C=O) groups excluding carboxylic acids is 1. The van der Waals surface area contributed by atoms with Gasteiger partial charge in [0.2, 0.25) is 6.41 Å². The molecule has 1 saturated heterocycles. The summed E-state index contributed by atoms with van der Waals surface area (Å²) in [4.78, 5) is 25.2. The van der Waals surface area contributed by atoms with Crippen LogP contribution in [0, 0.1) is 6.92 Å². The van der Waals surface area contributed by atoms with Gasteiger partial charge in [-0.25, -0.2) is 0 Å². The predicted octanol–water partition coefficient (Wildman–Crippen LogP) is 7.87. The second kappa shape index (κ2) is 15.3. The zero-order chi connectivity index (χ0) is 29.8. The Morgan fingerprint density at radius 1 is 0.976 bits per heavy atom. The highest BCUT2D eigenvalue weighted by Crippen LogP contribution is 2.35. The number of carboxylic acids is 1. The van der Waals surface area contributed by atoms with Crippen LogP contribution in [-0.2, 0) is 15.5 Å². The Labute approximate surface area is 241 Å². The standard InChI is InChI=1S/C17H20F2N2O.C13H17NO.C2H4O2/c1-12-15(17(2,18)19)20-16(22-12)21-10-8-14(9-11-21)13-6-4-3-5-7-13;15-10-14-13-8-6-12(7-9-13)11-4-2-1-3-5-11;1-2(3)4/h3-7,14H,8-11H2,1-2H3;6-11H,1-5H2,(H,14,15);1H3,(H,3,4). The smallest absolute Gasteiger partial charge is 0.300 e. The Morgan fingerprint density at radius 2 is 1.51 bits per heavy atom. The first-order valence-electron chi connectivity index (χ1n) is 14.2. The summed E-state index contributed by atoms with van der Waals surface area (Å²) in [5.74, 6) is -2.34. The number of piperidine rings is 1. The SMILES string of the molecule is CC(=O)O.Cc1oc(N2CCC(c3ccccc3)CC2)nc1C(C)(F)F.O=CNc1ccc(C2CCCCC2)cc1. The third kappa shape index (κ3) is 9.99. The topological polar surface area (TPSA) is 95.7 Å². The molecule has 1 aliphatic heterocycles. The number of carbonyl (C=O) groups is 2. The van der Waals surface area contributed by atoms with Crippen molar-refractivity contribution in [3.8, 4) is 0 Å². The fourth-order valence-electron chi connectivity index (χ4n) is 5.41. The second-order valence-corrected chi connectivity index (χ2v) is 10.7. The van der Waals surface area contributed by atoms with Crippen LogP contribution in [0.25, 0.3) is 0 Å². The Balaban J connectivity index is 0.000000211. The van der Waals surface area contributed by atoms with Crippen LogP contribution in [0.5, 0.6) is 0 Å². The molecule has 0 atom stereocenters. The lowest BCUT2D eigenvalue weighted by atomic mass is 9.84. The Hall–Kier alpha value is -3.75. The summed E-state index contributed by atoms with van der Waals surface area (Å²) >= 11 is 0. The molecular formula is C32H41F2N3O4. The van der Waals surface area contributed by atoms with E-state index < -0.39 is 11.9 Å². The van der Waals surface area contributed by atoms with Gasteiger partial charge in [-0.2, -0.15) is 13.8 Å². The average Bonchev–Trinajstić information content (AvgIpc) is 3.37. The molecule has 5 rings (SSSR count). The van der Waals surface area contributed by atoms with Crippen molar-refractivity contribution in [2.24, 2.45) is 0 Å². The van der Waals surface area contributed by atoms with E-state index in [-0.39, 0.29) is 11.5 Å². The maximum atomic E-state index is 13.4. The summed E-state index contributed by atoms with van der Waals surface area (Å²) in [5, 5.41) is 10.1. The molecule has 2 heterocycles. The number of benzene rings is 2. The number of aromatic nitrogens is 1. The third-order valence-electron chi connectivity index (χ3n) is 7.45. The fraction of sp³-hybridized carbons (Fsp3) is 0.469. The maximum absolute atomic E-state index is 13.4. The van der Waals surface area contributed by atoms with Gasteiger partial charge >= 0.3 is 0 Å². The van der Waals surface area contributed by atoms with Crippen molar-refractivity contribution in [2.75, 3.05) is 23.3 Å². The minimum Gasteiger partial charge on any atom is -0.481 e. The van der Waals surface area contributed by atoms with Crippen molar-refractivity contribution in [2.45, 2.75) is 83.5 Å². The van der Waals surface area contributed by atoms with Crippen LogP contribution >= 0.6 is 0 Å². The number of hydrogen-bond donors (Lipinski definition) is 2. The lowest BCUT2D eigenvalue weighted by Crippen LogP contribution is -2.33. The number of hydrogen-bond acceptors (Lipinski definition) is 5. The highest BCUT2D eigenvalue weighted by Gasteiger charge is 2.33. The molecule has 0 unspecified atom stereocenters. The zero-order valence-electron chi connectivity index (χ0n) is 24.1. The molecule has 2 fully saturated rings. The molecule has 1 aromatic heterocycles. The number of amides is 1. The summed E-state index contributed by atoms with van der Waals surface area (Å²) in [6.07, 6.45) is 9.42. The maximum Gasteiger partial charge on any atom is 0.300 e. The summed E-state index contributed by atoms with van der Waals surface area (Å²) < 4.78 is 32.3. The van der Waals surface area contributed by atoms with Gasteiger partial charge in [-0.1, -0.05) is 61.7 Å². The largest absolute Gasteiger partial charge is 0.481 e. The van der Waals surface area contributed by atoms with E-state index in [4.69, 9.17) is 14.3 Å². The molecule has 0 radical (unpaired) electrons. The monoisotopic (exact) mass is 569 g/mol. The second-order valence-electron chi connectivity index (χ2n) is 10.7. The van der Waals surface area contributed by atoms with Crippen LogP contribution in [0.2, 0.25) is 0 Å². The Kier molecular flexibility index (Phi) is 11.9. The molecule has 2 aliphatic rings. The summed E-state index contributed by atoms with van der Waals surface area (Å²) in [6, 6.07) is 19.0. The number of aryl methyl sites for hydroxylation is 1. The molecule has 9 heteroatoms. The van der Waals surface area contributed by atoms with E-state index in [1.807, 2.05) is 23.1 Å². The summed E-state index contributed by atoms with van der Waals surface area (Å²) in [6.45, 7) is 5.02. The van der Waals surface area contributed by atoms with Gasteiger partial charge in [0.1, 0.15) is 5.76 Å². The van der Waals surface area contributed by atoms with Crippen LogP contribution in [0.4, 0.5) is 20.5 Å². The zero-order valence-corrected chi connectivity index (χ0v) is 24.1. The predicted molar refractivity (Wildman–Crippen MR) is 157 cm³/mol. The van der Waals surface area contributed by atoms with Crippen molar-refractivity contribution in [3.63, 3.8) is 0 Å². The van der Waals surface area contributed by atoms with Gasteiger partial charge in [0, 0.05) is 32.6 Å². The molecule has 3 aromatic rings. The number of nitrogens with one attached hydrogen (secondary N) is 1. The Morgan fingerprint density at radius 3 is 2.02 bits per heavy atom. The van der Waals surface area contributed by atoms with E-state index in [9.17, 15) is 13.6 Å². The van der Waals surface area contributed by atoms with E-state index in [0.717, 1.165) is 57.8 Å². The summed E-state index contributed by atoms with van der Waals surface area (Å²) in [5.41, 5.74) is 3.38. The number of alkyl halides is 2. The van der Waals surface area contributed by atoms with E-state index in [1.54, 1.807) is 6.92 Å². The van der Waals surface area contributed by atoms with Gasteiger partial charge in [-0.15, -0.1) is 0 Å². The quantitative estimate of drug-likeness (QED) is 0.293. The minimum absolute atomic E-state index is 0.202. The minimum atomic E-state index is -2.96. The van der Waals surface area contributed by atoms with Gasteiger partial charge in [-0.05, 0) is 67.7 Å². The van der Waals surface area contributed by atoms with Gasteiger partial charge < -0.3 is 19.7 Å². The molecule has 1 aliphatic carbocycles. The van der Waals surface area contributed by atoms with Crippen LogP contribution in [0.15, 0.2) is 59.0 Å². The number of aliphatic carboxylic acids is 1. The molecule has 1 saturated carbocycles. The normalized spacial score (nSPS) is 16.1. The number of halogens is 2. The average molecular weight is 570 g/mol. The first-order valence-corrected chi connectivity index (χ1v) is 14.2. The molecule has 7 nitrogen and oxygen atoms in total. The van der Waals surface area contributed by atoms with E-state index in [0.29, 0.717) is 11.9 Å². The van der Waals surface area contributed by atoms with Gasteiger partial charge in [-0.3, -0.25) is 9.59 Å². The van der Waals surface area contributed by atoms with E-state index in [1.165, 1.54) is 43.2 Å². The summed E-state index contributed by atoms with van der Waals surface area (Å²) in [7, 11) is 0. The highest BCUT2D eigenvalue weighted by atomic mass is 19.3. The lowest BCUT2D eigenvalue weighted by Gasteiger charge is -2.31. The van der Waals surface area contributed by atoms with Crippen molar-refractivity contribution in [1.29, 1.82) is 0 Å². The van der Waals surface area contributed by atoms with E-state index in [2.05, 4.69) is 46.7 Å². The number of rotatable bonds is 6. The van der Waals surface area contributed by atoms with Crippen molar-refractivity contribution < 1.29 is 27.9 Å². The van der Waals surface area contributed by atoms with E-state index >= 15 is 0 Å². The molecule has 2 N–H and O–H groups in total. The fourth-order valence-corrected chi connectivity index (χ4v) is 5.41. The first-order chi connectivity index (χ1) is 19.6. The van der Waals surface area contributed by atoms with Gasteiger partial charge in [0.05, 0.1) is 0 Å². The lowest BCUT2D eigenvalue weighted by molar-refractivity contribution is -0.134. The molecule has 41 heavy (non-hydrogen) atoms. The Bertz CT molecular complexity index is 1210. The number of nitrogens with zero attached hydrogens (tertiary/aromatic N) is 2. The van der Waals surface area contributed by atoms with Crippen LogP contribution in [0.1, 0.15) is 93.2 Å². The molecule has 2 aromatic carbocycles. The van der Waals surface area contributed by atoms with Gasteiger partial charge in [0.25, 0.3) is 17.9 Å². The number of anilines is 2. The molecule has 222 valence electrons. The van der Waals surface area contributed by atoms with Crippen LogP contribution in [-0.4, -0.2) is 35.6 Å². The van der Waals surface area contributed by atoms with Crippen molar-refractivity contribution >= 4 is 24.1 Å². The van der Waals surface area contributed by atoms with Crippen molar-refractivity contribution in [1.82, 2.24) is 4.98 Å². The number of oxazole rings is 1.